The molecule has 0 N–H and O–H groups in total. The highest BCUT2D eigenvalue weighted by molar-refractivity contribution is 8.00. The van der Waals surface area contributed by atoms with Crippen LogP contribution in [0.2, 0.25) is 0 Å². The number of pyridine rings is 1. The van der Waals surface area contributed by atoms with Crippen LogP contribution in [-0.2, 0) is 21.0 Å². The van der Waals surface area contributed by atoms with Gasteiger partial charge < -0.3 is 0 Å². The van der Waals surface area contributed by atoms with Crippen LogP contribution in [0.5, 0.6) is 0 Å². The van der Waals surface area contributed by atoms with E-state index in [9.17, 15) is 40.7 Å². The number of nitrogens with zero attached hydrogens (tertiary/aromatic N) is 3. The van der Waals surface area contributed by atoms with Crippen LogP contribution in [0, 0.1) is 5.92 Å². The Morgan fingerprint density at radius 1 is 1.03 bits per heavy atom. The van der Waals surface area contributed by atoms with Gasteiger partial charge in [-0.15, -0.1) is 0 Å². The zero-order chi connectivity index (χ0) is 28.8. The van der Waals surface area contributed by atoms with Crippen LogP contribution in [-0.4, -0.2) is 45.3 Å². The van der Waals surface area contributed by atoms with Crippen molar-refractivity contribution in [3.05, 3.63) is 66.4 Å². The zero-order valence-corrected chi connectivity index (χ0v) is 21.1. The van der Waals surface area contributed by atoms with Gasteiger partial charge in [-0.25, -0.2) is 9.59 Å². The maximum absolute atomic E-state index is 13.9. The number of halogens is 6. The second kappa shape index (κ2) is 10.2. The van der Waals surface area contributed by atoms with Crippen molar-refractivity contribution in [2.75, 3.05) is 4.90 Å². The average molecular weight is 573 g/mol. The van der Waals surface area contributed by atoms with Gasteiger partial charge in [-0.2, -0.15) is 31.2 Å². The number of quaternary nitrogens is 1. The monoisotopic (exact) mass is 572 g/mol. The van der Waals surface area contributed by atoms with Crippen LogP contribution in [0.4, 0.5) is 36.8 Å². The molecule has 3 aromatic rings. The van der Waals surface area contributed by atoms with Gasteiger partial charge in [-0.05, 0) is 52.8 Å². The van der Waals surface area contributed by atoms with Crippen LogP contribution in [0.15, 0.2) is 65.7 Å². The number of urea groups is 1. The van der Waals surface area contributed by atoms with E-state index in [-0.39, 0.29) is 16.1 Å². The molecule has 39 heavy (non-hydrogen) atoms. The van der Waals surface area contributed by atoms with Crippen molar-refractivity contribution in [3.8, 4) is 0 Å². The number of thioether (sulfide) groups is 1. The molecule has 4 rings (SSSR count). The van der Waals surface area contributed by atoms with E-state index in [0.29, 0.717) is 15.8 Å². The molecule has 0 bridgehead atoms. The van der Waals surface area contributed by atoms with Crippen molar-refractivity contribution in [2.45, 2.75) is 43.0 Å². The first kappa shape index (κ1) is 28.4. The lowest BCUT2D eigenvalue weighted by Crippen LogP contribution is -2.59. The second-order valence-electron chi connectivity index (χ2n) is 9.00. The molecule has 1 fully saturated rings. The smallest absolute Gasteiger partial charge is 0.267 e. The number of para-hydroxylation sites is 1. The maximum Gasteiger partial charge on any atom is 0.497 e. The maximum atomic E-state index is 13.9. The Bertz CT molecular complexity index is 1420. The number of aromatic nitrogens is 1. The quantitative estimate of drug-likeness (QED) is 0.148. The van der Waals surface area contributed by atoms with Crippen LogP contribution in [0.3, 0.4) is 0 Å². The number of carbonyl (C=O) groups excluding carboxylic acids is 3. The summed E-state index contributed by atoms with van der Waals surface area (Å²) < 4.78 is 76.8. The fourth-order valence-electron chi connectivity index (χ4n) is 4.53. The Balaban J connectivity index is 1.85. The summed E-state index contributed by atoms with van der Waals surface area (Å²) in [6.45, 7) is 2.31. The fraction of sp³-hybridized carbons (Fsp3) is 0.280. The minimum absolute atomic E-state index is 0.190. The molecular formula is C25H20F6N3O4S+. The Morgan fingerprint density at radius 3 is 2.26 bits per heavy atom. The molecule has 2 atom stereocenters. The third-order valence-corrected chi connectivity index (χ3v) is 6.76. The third kappa shape index (κ3) is 5.57. The Hall–Kier alpha value is -3.65. The minimum Gasteiger partial charge on any atom is -0.267 e. The molecule has 2 heterocycles. The topological polar surface area (TPSA) is 76.6 Å². The minimum atomic E-state index is -5.49. The first-order valence-corrected chi connectivity index (χ1v) is 12.2. The van der Waals surface area contributed by atoms with Gasteiger partial charge in [0.25, 0.3) is 0 Å². The number of hydrogen-bond donors (Lipinski definition) is 0. The van der Waals surface area contributed by atoms with E-state index in [1.54, 1.807) is 24.3 Å². The van der Waals surface area contributed by atoms with Crippen molar-refractivity contribution < 1.29 is 50.2 Å². The van der Waals surface area contributed by atoms with Gasteiger partial charge in [0.05, 0.1) is 11.2 Å². The van der Waals surface area contributed by atoms with E-state index in [0.717, 1.165) is 24.3 Å². The number of rotatable bonds is 6. The molecule has 0 saturated carbocycles. The van der Waals surface area contributed by atoms with Crippen molar-refractivity contribution in [3.63, 3.8) is 0 Å². The van der Waals surface area contributed by atoms with Crippen molar-refractivity contribution >= 4 is 46.3 Å². The van der Waals surface area contributed by atoms with Gasteiger partial charge >= 0.3 is 29.6 Å². The lowest BCUT2D eigenvalue weighted by atomic mass is 10.0. The summed E-state index contributed by atoms with van der Waals surface area (Å²) in [5.74, 6) is -4.45. The molecule has 14 heteroatoms. The van der Waals surface area contributed by atoms with Crippen LogP contribution < -0.4 is 4.90 Å². The number of amides is 3. The summed E-state index contributed by atoms with van der Waals surface area (Å²) in [5, 5.41) is 0.454. The van der Waals surface area contributed by atoms with E-state index in [4.69, 9.17) is 4.84 Å². The number of carbonyl (C=O) groups is 3. The summed E-state index contributed by atoms with van der Waals surface area (Å²) >= 11 is -0.420. The number of anilines is 1. The number of alkyl halides is 6. The number of imide groups is 1. The molecule has 2 unspecified atom stereocenters. The summed E-state index contributed by atoms with van der Waals surface area (Å²) in [7, 11) is 0. The lowest BCUT2D eigenvalue weighted by molar-refractivity contribution is -1.04. The summed E-state index contributed by atoms with van der Waals surface area (Å²) in [6, 6.07) is 9.27. The molecule has 1 aliphatic rings. The Morgan fingerprint density at radius 2 is 1.67 bits per heavy atom. The molecule has 2 aromatic carbocycles. The number of hydrogen-bond acceptors (Lipinski definition) is 6. The van der Waals surface area contributed by atoms with E-state index >= 15 is 0 Å². The Labute approximate surface area is 221 Å². The van der Waals surface area contributed by atoms with Gasteiger partial charge in [0.2, 0.25) is 6.04 Å². The van der Waals surface area contributed by atoms with Crippen LogP contribution >= 0.6 is 11.8 Å². The predicted molar refractivity (Wildman–Crippen MR) is 128 cm³/mol. The second-order valence-corrected chi connectivity index (χ2v) is 10.1. The molecule has 1 aromatic heterocycles. The van der Waals surface area contributed by atoms with Crippen molar-refractivity contribution in [1.29, 1.82) is 0 Å². The van der Waals surface area contributed by atoms with Gasteiger partial charge in [0.1, 0.15) is 0 Å². The molecule has 206 valence electrons. The molecule has 3 amide bonds. The molecule has 1 saturated heterocycles. The summed E-state index contributed by atoms with van der Waals surface area (Å²) in [5.41, 5.74) is -4.05. The van der Waals surface area contributed by atoms with Gasteiger partial charge in [-0.3, -0.25) is 14.6 Å². The first-order valence-electron chi connectivity index (χ1n) is 11.4. The first-order chi connectivity index (χ1) is 18.1. The van der Waals surface area contributed by atoms with Gasteiger partial charge in [-0.1, -0.05) is 32.0 Å². The Kier molecular flexibility index (Phi) is 7.38. The molecule has 7 nitrogen and oxygen atoms in total. The predicted octanol–water partition coefficient (Wildman–Crippen LogP) is 6.38. The normalized spacial score (nSPS) is 20.2. The SMILES string of the molecule is CC(C)C1C(=O)N(c2ccc(SC(F)(F)F)cc2)C(=O)[N+]1(Cc1ccnc2ccccc12)OC(=O)C(F)(F)F. The molecule has 0 aliphatic carbocycles. The lowest BCUT2D eigenvalue weighted by Gasteiger charge is -2.33. The largest absolute Gasteiger partial charge is 0.497 e. The van der Waals surface area contributed by atoms with E-state index in [1.807, 2.05) is 0 Å². The number of hydroxylamine groups is 3. The van der Waals surface area contributed by atoms with Crippen LogP contribution in [0.25, 0.3) is 10.9 Å². The fourth-order valence-corrected chi connectivity index (χ4v) is 5.07. The molecule has 0 spiro atoms. The van der Waals surface area contributed by atoms with E-state index in [2.05, 4.69) is 4.98 Å². The van der Waals surface area contributed by atoms with Crippen molar-refractivity contribution in [2.24, 2.45) is 5.92 Å². The molecule has 1 aliphatic heterocycles. The highest BCUT2D eigenvalue weighted by Gasteiger charge is 2.67. The number of fused-ring (bicyclic) bond motifs is 1. The van der Waals surface area contributed by atoms with Gasteiger partial charge in [0.15, 0.2) is 6.54 Å². The molecular weight excluding hydrogens is 552 g/mol. The van der Waals surface area contributed by atoms with Crippen molar-refractivity contribution in [1.82, 2.24) is 4.98 Å². The van der Waals surface area contributed by atoms with E-state index in [1.165, 1.54) is 26.1 Å². The molecule has 0 radical (unpaired) electrons. The highest BCUT2D eigenvalue weighted by Crippen LogP contribution is 2.41. The average Bonchev–Trinajstić information content (AvgIpc) is 3.04. The summed E-state index contributed by atoms with van der Waals surface area (Å²) in [6.07, 6.45) is -4.12. The van der Waals surface area contributed by atoms with Crippen LogP contribution in [0.1, 0.15) is 19.4 Å². The standard InChI is InChI=1S/C25H20F6N3O4S/c1-14(2)20-21(35)33(16-7-9-17(10-8-16)39-25(29,30)31)23(37)34(20,38-22(36)24(26,27)28)13-15-11-12-32-19-6-4-3-5-18(15)19/h3-12,14,20H,13H2,1-2H3/q+1. The summed E-state index contributed by atoms with van der Waals surface area (Å²) in [4.78, 5) is 49.0. The van der Waals surface area contributed by atoms with Gasteiger partial charge in [0, 0.05) is 28.0 Å². The third-order valence-electron chi connectivity index (χ3n) is 6.02. The highest BCUT2D eigenvalue weighted by atomic mass is 32.2. The zero-order valence-electron chi connectivity index (χ0n) is 20.3. The number of benzene rings is 2. The van der Waals surface area contributed by atoms with E-state index < -0.39 is 64.5 Å².